The van der Waals surface area contributed by atoms with Crippen molar-refractivity contribution in [3.8, 4) is 0 Å². The highest BCUT2D eigenvalue weighted by atomic mass is 16.2. The van der Waals surface area contributed by atoms with Crippen molar-refractivity contribution in [3.05, 3.63) is 34.6 Å². The zero-order valence-corrected chi connectivity index (χ0v) is 12.5. The van der Waals surface area contributed by atoms with Crippen molar-refractivity contribution in [3.63, 3.8) is 0 Å². The molecule has 1 aliphatic rings. The summed E-state index contributed by atoms with van der Waals surface area (Å²) in [4.78, 5) is 35.0. The summed E-state index contributed by atoms with van der Waals surface area (Å²) in [5.41, 5.74) is 0.586. The van der Waals surface area contributed by atoms with E-state index in [1.807, 2.05) is 23.1 Å². The summed E-state index contributed by atoms with van der Waals surface area (Å²) < 4.78 is 0. The van der Waals surface area contributed by atoms with E-state index in [2.05, 4.69) is 20.2 Å². The molecule has 1 saturated heterocycles. The molecule has 22 heavy (non-hydrogen) atoms. The number of aromatic amines is 1. The van der Waals surface area contributed by atoms with Gasteiger partial charge >= 0.3 is 0 Å². The van der Waals surface area contributed by atoms with Crippen LogP contribution in [-0.4, -0.2) is 60.5 Å². The monoisotopic (exact) mass is 301 g/mol. The number of likely N-dealkylation sites (N-methyl/N-ethyl adjacent to an activating group) is 1. The van der Waals surface area contributed by atoms with Crippen molar-refractivity contribution < 1.29 is 4.79 Å². The number of hydrogen-bond acceptors (Lipinski definition) is 5. The van der Waals surface area contributed by atoms with E-state index in [0.717, 1.165) is 26.2 Å². The molecular formula is C15H19N5O2. The summed E-state index contributed by atoms with van der Waals surface area (Å²) in [5.74, 6) is 0.619. The van der Waals surface area contributed by atoms with E-state index in [-0.39, 0.29) is 11.5 Å². The maximum atomic E-state index is 12.1. The normalized spacial score (nSPS) is 16.0. The second-order valence-corrected chi connectivity index (χ2v) is 5.34. The van der Waals surface area contributed by atoms with Crippen molar-refractivity contribution in [1.82, 2.24) is 20.2 Å². The number of benzene rings is 1. The maximum absolute atomic E-state index is 12.1. The smallest absolute Gasteiger partial charge is 0.260 e. The first kappa shape index (κ1) is 14.5. The van der Waals surface area contributed by atoms with Gasteiger partial charge in [-0.3, -0.25) is 19.5 Å². The molecule has 3 rings (SSSR count). The SMILES string of the molecule is CNC(=O)CN1CCN(c2nc3ccccc3c(=O)[nH]2)CC1. The standard InChI is InChI=1S/C15H19N5O2/c1-16-13(21)10-19-6-8-20(9-7-19)15-17-12-5-3-2-4-11(12)14(22)18-15/h2-5H,6-10H2,1H3,(H,16,21)(H,17,18,22). The number of piperazine rings is 1. The van der Waals surface area contributed by atoms with Crippen LogP contribution in [0.25, 0.3) is 10.9 Å². The van der Waals surface area contributed by atoms with Gasteiger partial charge < -0.3 is 10.2 Å². The second kappa shape index (κ2) is 6.15. The Morgan fingerprint density at radius 3 is 2.73 bits per heavy atom. The lowest BCUT2D eigenvalue weighted by atomic mass is 10.2. The van der Waals surface area contributed by atoms with Gasteiger partial charge in [0.25, 0.3) is 5.56 Å². The topological polar surface area (TPSA) is 81.3 Å². The first-order valence-corrected chi connectivity index (χ1v) is 7.34. The molecule has 1 amide bonds. The quantitative estimate of drug-likeness (QED) is 0.820. The minimum Gasteiger partial charge on any atom is -0.358 e. The van der Waals surface area contributed by atoms with Gasteiger partial charge in [-0.15, -0.1) is 0 Å². The lowest BCUT2D eigenvalue weighted by Gasteiger charge is -2.34. The molecule has 2 aromatic rings. The average molecular weight is 301 g/mol. The third-order valence-electron chi connectivity index (χ3n) is 3.92. The molecule has 7 heteroatoms. The van der Waals surface area contributed by atoms with Crippen LogP contribution < -0.4 is 15.8 Å². The molecule has 1 fully saturated rings. The van der Waals surface area contributed by atoms with Gasteiger partial charge in [-0.2, -0.15) is 0 Å². The first-order chi connectivity index (χ1) is 10.7. The van der Waals surface area contributed by atoms with E-state index in [0.29, 0.717) is 23.4 Å². The number of nitrogens with zero attached hydrogens (tertiary/aromatic N) is 3. The molecule has 0 aliphatic carbocycles. The highest BCUT2D eigenvalue weighted by molar-refractivity contribution is 5.78. The molecule has 116 valence electrons. The highest BCUT2D eigenvalue weighted by Crippen LogP contribution is 2.13. The van der Waals surface area contributed by atoms with Gasteiger partial charge in [0.05, 0.1) is 17.4 Å². The van der Waals surface area contributed by atoms with Gasteiger partial charge in [-0.25, -0.2) is 4.98 Å². The number of carbonyl (C=O) groups is 1. The Morgan fingerprint density at radius 1 is 1.27 bits per heavy atom. The van der Waals surface area contributed by atoms with Crippen molar-refractivity contribution >= 4 is 22.8 Å². The van der Waals surface area contributed by atoms with Gasteiger partial charge in [0.1, 0.15) is 0 Å². The third-order valence-corrected chi connectivity index (χ3v) is 3.92. The van der Waals surface area contributed by atoms with Gasteiger partial charge in [-0.05, 0) is 12.1 Å². The largest absolute Gasteiger partial charge is 0.358 e. The Morgan fingerprint density at radius 2 is 2.00 bits per heavy atom. The van der Waals surface area contributed by atoms with Crippen LogP contribution in [0.4, 0.5) is 5.95 Å². The van der Waals surface area contributed by atoms with Crippen LogP contribution in [0.2, 0.25) is 0 Å². The van der Waals surface area contributed by atoms with Gasteiger partial charge in [-0.1, -0.05) is 12.1 Å². The number of aromatic nitrogens is 2. The van der Waals surface area contributed by atoms with Crippen molar-refractivity contribution in [1.29, 1.82) is 0 Å². The Labute approximate surface area is 127 Å². The molecule has 7 nitrogen and oxygen atoms in total. The first-order valence-electron chi connectivity index (χ1n) is 7.34. The fourth-order valence-electron chi connectivity index (χ4n) is 2.62. The molecule has 0 radical (unpaired) electrons. The summed E-state index contributed by atoms with van der Waals surface area (Å²) in [5, 5.41) is 3.23. The van der Waals surface area contributed by atoms with Crippen LogP contribution in [0.15, 0.2) is 29.1 Å². The van der Waals surface area contributed by atoms with Crippen molar-refractivity contribution in [2.24, 2.45) is 0 Å². The molecule has 0 unspecified atom stereocenters. The Bertz CT molecular complexity index is 734. The summed E-state index contributed by atoms with van der Waals surface area (Å²) in [6, 6.07) is 7.32. The van der Waals surface area contributed by atoms with E-state index >= 15 is 0 Å². The Hall–Kier alpha value is -2.41. The fourth-order valence-corrected chi connectivity index (χ4v) is 2.62. The lowest BCUT2D eigenvalue weighted by Crippen LogP contribution is -2.49. The van der Waals surface area contributed by atoms with Crippen molar-refractivity contribution in [2.75, 3.05) is 44.7 Å². The molecule has 1 aliphatic heterocycles. The van der Waals surface area contributed by atoms with Gasteiger partial charge in [0.15, 0.2) is 0 Å². The zero-order valence-electron chi connectivity index (χ0n) is 12.5. The predicted octanol–water partition coefficient (Wildman–Crippen LogP) is -0.209. The van der Waals surface area contributed by atoms with Crippen LogP contribution >= 0.6 is 0 Å². The summed E-state index contributed by atoms with van der Waals surface area (Å²) in [7, 11) is 1.64. The molecule has 0 spiro atoms. The minimum absolute atomic E-state index is 0.0192. The number of rotatable bonds is 3. The van der Waals surface area contributed by atoms with Crippen LogP contribution in [0.3, 0.4) is 0 Å². The lowest BCUT2D eigenvalue weighted by molar-refractivity contribution is -0.121. The minimum atomic E-state index is -0.117. The van der Waals surface area contributed by atoms with Crippen LogP contribution in [0.1, 0.15) is 0 Å². The molecule has 1 aromatic carbocycles. The van der Waals surface area contributed by atoms with E-state index in [4.69, 9.17) is 0 Å². The summed E-state index contributed by atoms with van der Waals surface area (Å²) in [6.45, 7) is 3.41. The van der Waals surface area contributed by atoms with Crippen LogP contribution in [-0.2, 0) is 4.79 Å². The Kier molecular flexibility index (Phi) is 4.06. The molecule has 2 heterocycles. The van der Waals surface area contributed by atoms with Crippen molar-refractivity contribution in [2.45, 2.75) is 0 Å². The third kappa shape index (κ3) is 2.94. The van der Waals surface area contributed by atoms with E-state index in [1.165, 1.54) is 0 Å². The Balaban J connectivity index is 1.74. The number of para-hydroxylation sites is 1. The molecule has 0 saturated carbocycles. The molecule has 0 bridgehead atoms. The predicted molar refractivity (Wildman–Crippen MR) is 85.1 cm³/mol. The number of hydrogen-bond donors (Lipinski definition) is 2. The van der Waals surface area contributed by atoms with E-state index < -0.39 is 0 Å². The average Bonchev–Trinajstić information content (AvgIpc) is 2.55. The molecule has 2 N–H and O–H groups in total. The van der Waals surface area contributed by atoms with Gasteiger partial charge in [0.2, 0.25) is 11.9 Å². The summed E-state index contributed by atoms with van der Waals surface area (Å²) >= 11 is 0. The number of fused-ring (bicyclic) bond motifs is 1. The fraction of sp³-hybridized carbons (Fsp3) is 0.400. The van der Waals surface area contributed by atoms with Crippen LogP contribution in [0, 0.1) is 0 Å². The number of amides is 1. The van der Waals surface area contributed by atoms with Crippen LogP contribution in [0.5, 0.6) is 0 Å². The number of H-pyrrole nitrogens is 1. The second-order valence-electron chi connectivity index (χ2n) is 5.34. The van der Waals surface area contributed by atoms with E-state index in [9.17, 15) is 9.59 Å². The maximum Gasteiger partial charge on any atom is 0.260 e. The number of carbonyl (C=O) groups excluding carboxylic acids is 1. The molecular weight excluding hydrogens is 282 g/mol. The molecule has 0 atom stereocenters. The van der Waals surface area contributed by atoms with Gasteiger partial charge in [0, 0.05) is 33.2 Å². The number of nitrogens with one attached hydrogen (secondary N) is 2. The highest BCUT2D eigenvalue weighted by Gasteiger charge is 2.20. The zero-order chi connectivity index (χ0) is 15.5. The number of anilines is 1. The van der Waals surface area contributed by atoms with E-state index in [1.54, 1.807) is 13.1 Å². The summed E-state index contributed by atoms with van der Waals surface area (Å²) in [6.07, 6.45) is 0. The molecule has 1 aromatic heterocycles.